The van der Waals surface area contributed by atoms with Gasteiger partial charge in [-0.3, -0.25) is 9.59 Å². The van der Waals surface area contributed by atoms with Crippen LogP contribution < -0.4 is 5.32 Å². The molecule has 0 spiro atoms. The molecule has 20 heavy (non-hydrogen) atoms. The van der Waals surface area contributed by atoms with Crippen LogP contribution in [0.2, 0.25) is 5.02 Å². The van der Waals surface area contributed by atoms with Gasteiger partial charge in [-0.15, -0.1) is 0 Å². The van der Waals surface area contributed by atoms with Crippen LogP contribution in [0.15, 0.2) is 30.3 Å². The van der Waals surface area contributed by atoms with Crippen molar-refractivity contribution in [3.8, 4) is 0 Å². The summed E-state index contributed by atoms with van der Waals surface area (Å²) in [5, 5.41) is 12.3. The summed E-state index contributed by atoms with van der Waals surface area (Å²) in [4.78, 5) is 22.6. The highest BCUT2D eigenvalue weighted by atomic mass is 35.5. The molecule has 0 unspecified atom stereocenters. The number of amides is 1. The average Bonchev–Trinajstić information content (AvgIpc) is 2.86. The molecular weight excluding hydrogens is 278 g/mol. The number of hydrogen-bond donors (Lipinski definition) is 2. The van der Waals surface area contributed by atoms with Crippen LogP contribution in [0.5, 0.6) is 0 Å². The third kappa shape index (κ3) is 3.84. The van der Waals surface area contributed by atoms with Crippen LogP contribution in [0.25, 0.3) is 6.08 Å². The Morgan fingerprint density at radius 3 is 2.70 bits per heavy atom. The summed E-state index contributed by atoms with van der Waals surface area (Å²) in [6, 6.07) is 7.19. The van der Waals surface area contributed by atoms with Crippen LogP contribution in [-0.4, -0.2) is 23.0 Å². The van der Waals surface area contributed by atoms with E-state index in [0.29, 0.717) is 24.3 Å². The third-order valence-corrected chi connectivity index (χ3v) is 3.79. The number of halogens is 1. The molecule has 1 aliphatic carbocycles. The summed E-state index contributed by atoms with van der Waals surface area (Å²) in [7, 11) is 0. The molecule has 1 fully saturated rings. The van der Waals surface area contributed by atoms with Crippen molar-refractivity contribution in [3.63, 3.8) is 0 Å². The smallest absolute Gasteiger partial charge is 0.306 e. The monoisotopic (exact) mass is 293 g/mol. The molecule has 1 amide bonds. The molecule has 2 rings (SSSR count). The Hall–Kier alpha value is -1.81. The highest BCUT2D eigenvalue weighted by Crippen LogP contribution is 2.25. The Labute approximate surface area is 122 Å². The molecule has 0 aliphatic heterocycles. The van der Waals surface area contributed by atoms with E-state index in [1.807, 2.05) is 18.2 Å². The van der Waals surface area contributed by atoms with Crippen LogP contribution >= 0.6 is 11.6 Å². The van der Waals surface area contributed by atoms with E-state index >= 15 is 0 Å². The normalized spacial score (nSPS) is 22.1. The zero-order chi connectivity index (χ0) is 14.5. The zero-order valence-corrected chi connectivity index (χ0v) is 11.6. The van der Waals surface area contributed by atoms with Gasteiger partial charge in [0.05, 0.1) is 5.92 Å². The number of carboxylic acid groups (broad SMARTS) is 1. The molecule has 2 atom stereocenters. The number of rotatable bonds is 4. The van der Waals surface area contributed by atoms with Gasteiger partial charge in [-0.05, 0) is 37.0 Å². The van der Waals surface area contributed by atoms with Crippen LogP contribution in [0.3, 0.4) is 0 Å². The second-order valence-corrected chi connectivity index (χ2v) is 5.32. The van der Waals surface area contributed by atoms with Gasteiger partial charge in [0.2, 0.25) is 5.91 Å². The molecule has 4 nitrogen and oxygen atoms in total. The molecule has 0 heterocycles. The van der Waals surface area contributed by atoms with Crippen molar-refractivity contribution >= 4 is 29.6 Å². The van der Waals surface area contributed by atoms with Crippen LogP contribution in [0.1, 0.15) is 24.8 Å². The van der Waals surface area contributed by atoms with Crippen molar-refractivity contribution in [3.05, 3.63) is 40.9 Å². The highest BCUT2D eigenvalue weighted by Gasteiger charge is 2.30. The summed E-state index contributed by atoms with van der Waals surface area (Å²) in [5.41, 5.74) is 0.777. The maximum Gasteiger partial charge on any atom is 0.306 e. The Morgan fingerprint density at radius 2 is 2.05 bits per heavy atom. The first-order valence-electron chi connectivity index (χ1n) is 6.52. The van der Waals surface area contributed by atoms with E-state index in [1.165, 1.54) is 6.08 Å². The largest absolute Gasteiger partial charge is 0.481 e. The molecule has 1 aliphatic rings. The summed E-state index contributed by atoms with van der Waals surface area (Å²) in [6.07, 6.45) is 4.91. The van der Waals surface area contributed by atoms with Gasteiger partial charge in [-0.25, -0.2) is 0 Å². The Kier molecular flexibility index (Phi) is 4.79. The lowest BCUT2D eigenvalue weighted by atomic mass is 10.1. The molecule has 0 radical (unpaired) electrons. The fourth-order valence-corrected chi connectivity index (χ4v) is 2.56. The number of carboxylic acids is 1. The minimum Gasteiger partial charge on any atom is -0.481 e. The maximum atomic E-state index is 11.8. The summed E-state index contributed by atoms with van der Waals surface area (Å²) >= 11 is 5.98. The van der Waals surface area contributed by atoms with Gasteiger partial charge in [-0.1, -0.05) is 29.8 Å². The molecule has 106 valence electrons. The number of carbonyl (C=O) groups excluding carboxylic acids is 1. The third-order valence-electron chi connectivity index (χ3n) is 3.45. The van der Waals surface area contributed by atoms with Gasteiger partial charge in [0.25, 0.3) is 0 Å². The molecular formula is C15H16ClNO3. The predicted octanol–water partition coefficient (Wildman–Crippen LogP) is 2.72. The zero-order valence-electron chi connectivity index (χ0n) is 10.9. The highest BCUT2D eigenvalue weighted by molar-refractivity contribution is 6.32. The van der Waals surface area contributed by atoms with E-state index in [4.69, 9.17) is 16.7 Å². The van der Waals surface area contributed by atoms with Gasteiger partial charge < -0.3 is 10.4 Å². The molecule has 1 aromatic rings. The lowest BCUT2D eigenvalue weighted by molar-refractivity contribution is -0.141. The van der Waals surface area contributed by atoms with Crippen molar-refractivity contribution in [2.24, 2.45) is 5.92 Å². The SMILES string of the molecule is O=C(/C=C/c1ccccc1Cl)N[C@H]1CC[C@@H](C(=O)O)C1. The van der Waals surface area contributed by atoms with E-state index in [0.717, 1.165) is 5.56 Å². The molecule has 1 saturated carbocycles. The number of aliphatic carboxylic acids is 1. The summed E-state index contributed by atoms with van der Waals surface area (Å²) in [5.74, 6) is -1.35. The first-order chi connectivity index (χ1) is 9.56. The molecule has 0 aromatic heterocycles. The summed E-state index contributed by atoms with van der Waals surface area (Å²) in [6.45, 7) is 0. The van der Waals surface area contributed by atoms with Crippen molar-refractivity contribution in [2.75, 3.05) is 0 Å². The standard InChI is InChI=1S/C15H16ClNO3/c16-13-4-2-1-3-10(13)6-8-14(18)17-12-7-5-11(9-12)15(19)20/h1-4,6,8,11-12H,5,7,9H2,(H,17,18)(H,19,20)/b8-6+/t11-,12+/m1/s1. The lowest BCUT2D eigenvalue weighted by Gasteiger charge is -2.10. The quantitative estimate of drug-likeness (QED) is 0.839. The van der Waals surface area contributed by atoms with Gasteiger partial charge in [0.1, 0.15) is 0 Å². The number of carbonyl (C=O) groups is 2. The summed E-state index contributed by atoms with van der Waals surface area (Å²) < 4.78 is 0. The van der Waals surface area contributed by atoms with Gasteiger partial charge in [0.15, 0.2) is 0 Å². The van der Waals surface area contributed by atoms with E-state index in [2.05, 4.69) is 5.32 Å². The first kappa shape index (κ1) is 14.6. The van der Waals surface area contributed by atoms with Crippen LogP contribution in [0.4, 0.5) is 0 Å². The molecule has 5 heteroatoms. The molecule has 2 N–H and O–H groups in total. The predicted molar refractivity (Wildman–Crippen MR) is 77.4 cm³/mol. The molecule has 0 saturated heterocycles. The molecule has 1 aromatic carbocycles. The van der Waals surface area contributed by atoms with Gasteiger partial charge in [0, 0.05) is 17.1 Å². The van der Waals surface area contributed by atoms with Gasteiger partial charge >= 0.3 is 5.97 Å². The number of hydrogen-bond acceptors (Lipinski definition) is 2. The minimum atomic E-state index is -0.784. The Bertz CT molecular complexity index is 542. The second-order valence-electron chi connectivity index (χ2n) is 4.91. The Balaban J connectivity index is 1.87. The first-order valence-corrected chi connectivity index (χ1v) is 6.90. The fraction of sp³-hybridized carbons (Fsp3) is 0.333. The number of benzene rings is 1. The van der Waals surface area contributed by atoms with E-state index in [9.17, 15) is 9.59 Å². The topological polar surface area (TPSA) is 66.4 Å². The van der Waals surface area contributed by atoms with E-state index in [-0.39, 0.29) is 17.9 Å². The van der Waals surface area contributed by atoms with E-state index in [1.54, 1.807) is 12.1 Å². The van der Waals surface area contributed by atoms with Crippen molar-refractivity contribution in [1.29, 1.82) is 0 Å². The van der Waals surface area contributed by atoms with Crippen LogP contribution in [-0.2, 0) is 9.59 Å². The number of nitrogens with one attached hydrogen (secondary N) is 1. The lowest BCUT2D eigenvalue weighted by Crippen LogP contribution is -2.31. The maximum absolute atomic E-state index is 11.8. The van der Waals surface area contributed by atoms with Crippen molar-refractivity contribution < 1.29 is 14.7 Å². The second kappa shape index (κ2) is 6.57. The van der Waals surface area contributed by atoms with Crippen molar-refractivity contribution in [2.45, 2.75) is 25.3 Å². The average molecular weight is 294 g/mol. The minimum absolute atomic E-state index is 0.0560. The Morgan fingerprint density at radius 1 is 1.30 bits per heavy atom. The van der Waals surface area contributed by atoms with Crippen molar-refractivity contribution in [1.82, 2.24) is 5.32 Å². The fourth-order valence-electron chi connectivity index (χ4n) is 2.36. The van der Waals surface area contributed by atoms with Crippen LogP contribution in [0, 0.1) is 5.92 Å². The van der Waals surface area contributed by atoms with E-state index < -0.39 is 5.97 Å². The molecule has 0 bridgehead atoms. The van der Waals surface area contributed by atoms with Gasteiger partial charge in [-0.2, -0.15) is 0 Å².